The molecule has 0 saturated carbocycles. The quantitative estimate of drug-likeness (QED) is 0.909. The summed E-state index contributed by atoms with van der Waals surface area (Å²) in [6.07, 6.45) is 1.24. The summed E-state index contributed by atoms with van der Waals surface area (Å²) in [5.41, 5.74) is 0.952. The van der Waals surface area contributed by atoms with E-state index in [9.17, 15) is 9.90 Å². The zero-order valence-corrected chi connectivity index (χ0v) is 13.6. The van der Waals surface area contributed by atoms with Crippen molar-refractivity contribution in [3.63, 3.8) is 0 Å². The summed E-state index contributed by atoms with van der Waals surface area (Å²) in [6, 6.07) is 9.76. The van der Waals surface area contributed by atoms with Gasteiger partial charge in [-0.15, -0.1) is 0 Å². The minimum absolute atomic E-state index is 0.144. The van der Waals surface area contributed by atoms with Gasteiger partial charge in [-0.25, -0.2) is 0 Å². The normalized spacial score (nSPS) is 22.0. The molecule has 1 amide bonds. The standard InChI is InChI=1S/C18H26N2O3/c21-17(15-4-2-1-3-5-15)14-19-8-10-20(11-9-19)18(22)16-6-12-23-13-7-16/h1-5,16-17,21H,6-14H2/t17-/m0/s1. The summed E-state index contributed by atoms with van der Waals surface area (Å²) >= 11 is 0. The van der Waals surface area contributed by atoms with Gasteiger partial charge in [0.05, 0.1) is 6.10 Å². The number of nitrogens with zero attached hydrogens (tertiary/aromatic N) is 2. The van der Waals surface area contributed by atoms with E-state index in [1.807, 2.05) is 35.2 Å². The smallest absolute Gasteiger partial charge is 0.225 e. The lowest BCUT2D eigenvalue weighted by Crippen LogP contribution is -2.51. The van der Waals surface area contributed by atoms with Crippen LogP contribution in [-0.2, 0) is 9.53 Å². The number of aliphatic hydroxyl groups is 1. The van der Waals surface area contributed by atoms with E-state index in [4.69, 9.17) is 4.74 Å². The van der Waals surface area contributed by atoms with Crippen molar-refractivity contribution in [1.82, 2.24) is 9.80 Å². The third-order valence-corrected chi connectivity index (χ3v) is 4.87. The Bertz CT molecular complexity index is 494. The topological polar surface area (TPSA) is 53.0 Å². The summed E-state index contributed by atoms with van der Waals surface area (Å²) in [5.74, 6) is 0.432. The van der Waals surface area contributed by atoms with Gasteiger partial charge in [0.2, 0.25) is 5.91 Å². The number of hydrogen-bond acceptors (Lipinski definition) is 4. The number of hydrogen-bond donors (Lipinski definition) is 1. The first kappa shape index (κ1) is 16.4. The zero-order valence-electron chi connectivity index (χ0n) is 13.6. The number of carbonyl (C=O) groups is 1. The molecular formula is C18H26N2O3. The Kier molecular flexibility index (Phi) is 5.65. The molecule has 2 aliphatic rings. The van der Waals surface area contributed by atoms with E-state index < -0.39 is 6.10 Å². The van der Waals surface area contributed by atoms with Crippen molar-refractivity contribution in [2.75, 3.05) is 45.9 Å². The van der Waals surface area contributed by atoms with Crippen molar-refractivity contribution in [1.29, 1.82) is 0 Å². The SMILES string of the molecule is O=C(C1CCOCC1)N1CCN(C[C@H](O)c2ccccc2)CC1. The molecule has 0 bridgehead atoms. The average Bonchev–Trinajstić information content (AvgIpc) is 2.63. The van der Waals surface area contributed by atoms with E-state index in [-0.39, 0.29) is 11.8 Å². The van der Waals surface area contributed by atoms with Crippen LogP contribution in [-0.4, -0.2) is 66.8 Å². The van der Waals surface area contributed by atoms with E-state index in [0.717, 1.165) is 44.6 Å². The largest absolute Gasteiger partial charge is 0.387 e. The maximum atomic E-state index is 12.5. The summed E-state index contributed by atoms with van der Waals surface area (Å²) < 4.78 is 5.33. The summed E-state index contributed by atoms with van der Waals surface area (Å²) in [7, 11) is 0. The molecule has 5 nitrogen and oxygen atoms in total. The van der Waals surface area contributed by atoms with Gasteiger partial charge in [0.1, 0.15) is 0 Å². The second kappa shape index (κ2) is 7.90. The molecule has 23 heavy (non-hydrogen) atoms. The van der Waals surface area contributed by atoms with Crippen LogP contribution in [0.25, 0.3) is 0 Å². The fraction of sp³-hybridized carbons (Fsp3) is 0.611. The highest BCUT2D eigenvalue weighted by atomic mass is 16.5. The summed E-state index contributed by atoms with van der Waals surface area (Å²) in [6.45, 7) is 5.23. The van der Waals surface area contributed by atoms with E-state index in [1.165, 1.54) is 0 Å². The first-order valence-corrected chi connectivity index (χ1v) is 8.56. The van der Waals surface area contributed by atoms with Crippen LogP contribution in [0.4, 0.5) is 0 Å². The van der Waals surface area contributed by atoms with Gasteiger partial charge in [-0.2, -0.15) is 0 Å². The van der Waals surface area contributed by atoms with Crippen LogP contribution in [0.1, 0.15) is 24.5 Å². The van der Waals surface area contributed by atoms with Gasteiger partial charge in [-0.3, -0.25) is 9.69 Å². The second-order valence-electron chi connectivity index (χ2n) is 6.44. The Morgan fingerprint density at radius 3 is 2.43 bits per heavy atom. The molecule has 1 atom stereocenters. The number of ether oxygens (including phenoxy) is 1. The second-order valence-corrected chi connectivity index (χ2v) is 6.44. The number of aliphatic hydroxyl groups excluding tert-OH is 1. The van der Waals surface area contributed by atoms with Gasteiger partial charge < -0.3 is 14.7 Å². The van der Waals surface area contributed by atoms with Crippen LogP contribution in [0, 0.1) is 5.92 Å². The van der Waals surface area contributed by atoms with E-state index in [1.54, 1.807) is 0 Å². The predicted molar refractivity (Wildman–Crippen MR) is 88.0 cm³/mol. The molecule has 2 heterocycles. The highest BCUT2D eigenvalue weighted by Crippen LogP contribution is 2.20. The lowest BCUT2D eigenvalue weighted by molar-refractivity contribution is -0.140. The molecule has 1 aromatic carbocycles. The minimum Gasteiger partial charge on any atom is -0.387 e. The molecule has 0 aliphatic carbocycles. The molecule has 5 heteroatoms. The van der Waals surface area contributed by atoms with E-state index in [2.05, 4.69) is 4.90 Å². The van der Waals surface area contributed by atoms with Crippen LogP contribution in [0.3, 0.4) is 0 Å². The van der Waals surface area contributed by atoms with Crippen LogP contribution in [0.15, 0.2) is 30.3 Å². The van der Waals surface area contributed by atoms with Crippen LogP contribution in [0.2, 0.25) is 0 Å². The van der Waals surface area contributed by atoms with Gasteiger partial charge in [0, 0.05) is 51.9 Å². The lowest BCUT2D eigenvalue weighted by atomic mass is 9.98. The number of rotatable bonds is 4. The predicted octanol–water partition coefficient (Wildman–Crippen LogP) is 1.29. The Hall–Kier alpha value is -1.43. The summed E-state index contributed by atoms with van der Waals surface area (Å²) in [5, 5.41) is 10.3. The third kappa shape index (κ3) is 4.31. The van der Waals surface area contributed by atoms with Gasteiger partial charge in [0.25, 0.3) is 0 Å². The van der Waals surface area contributed by atoms with Crippen LogP contribution >= 0.6 is 0 Å². The fourth-order valence-corrected chi connectivity index (χ4v) is 3.38. The maximum Gasteiger partial charge on any atom is 0.225 e. The molecule has 3 rings (SSSR count). The summed E-state index contributed by atoms with van der Waals surface area (Å²) in [4.78, 5) is 16.7. The Morgan fingerprint density at radius 2 is 1.78 bits per heavy atom. The van der Waals surface area contributed by atoms with Crippen molar-refractivity contribution in [2.24, 2.45) is 5.92 Å². The highest BCUT2D eigenvalue weighted by Gasteiger charge is 2.29. The molecule has 2 fully saturated rings. The van der Waals surface area contributed by atoms with Gasteiger partial charge in [-0.1, -0.05) is 30.3 Å². The van der Waals surface area contributed by atoms with Crippen LogP contribution in [0.5, 0.6) is 0 Å². The maximum absolute atomic E-state index is 12.5. The molecule has 1 aromatic rings. The van der Waals surface area contributed by atoms with Crippen molar-refractivity contribution < 1.29 is 14.6 Å². The Labute approximate surface area is 137 Å². The molecule has 0 unspecified atom stereocenters. The number of benzene rings is 1. The molecule has 0 aromatic heterocycles. The molecule has 2 saturated heterocycles. The van der Waals surface area contributed by atoms with E-state index >= 15 is 0 Å². The van der Waals surface area contributed by atoms with Gasteiger partial charge >= 0.3 is 0 Å². The van der Waals surface area contributed by atoms with Crippen molar-refractivity contribution in [3.8, 4) is 0 Å². The minimum atomic E-state index is -0.464. The van der Waals surface area contributed by atoms with Gasteiger partial charge in [0.15, 0.2) is 0 Å². The number of β-amino-alcohol motifs (C(OH)–C–C–N with tert-alkyl or cyclic N) is 1. The Morgan fingerprint density at radius 1 is 1.13 bits per heavy atom. The zero-order chi connectivity index (χ0) is 16.1. The van der Waals surface area contributed by atoms with Crippen molar-refractivity contribution >= 4 is 5.91 Å². The first-order valence-electron chi connectivity index (χ1n) is 8.56. The highest BCUT2D eigenvalue weighted by molar-refractivity contribution is 5.79. The average molecular weight is 318 g/mol. The van der Waals surface area contributed by atoms with E-state index in [0.29, 0.717) is 19.8 Å². The first-order chi connectivity index (χ1) is 11.2. The van der Waals surface area contributed by atoms with Crippen LogP contribution < -0.4 is 0 Å². The molecular weight excluding hydrogens is 292 g/mol. The van der Waals surface area contributed by atoms with Crippen molar-refractivity contribution in [3.05, 3.63) is 35.9 Å². The molecule has 1 N–H and O–H groups in total. The fourth-order valence-electron chi connectivity index (χ4n) is 3.38. The number of amides is 1. The molecule has 0 radical (unpaired) electrons. The van der Waals surface area contributed by atoms with Crippen molar-refractivity contribution in [2.45, 2.75) is 18.9 Å². The number of carbonyl (C=O) groups excluding carboxylic acids is 1. The third-order valence-electron chi connectivity index (χ3n) is 4.87. The Balaban J connectivity index is 1.45. The molecule has 2 aliphatic heterocycles. The number of piperazine rings is 1. The monoisotopic (exact) mass is 318 g/mol. The van der Waals surface area contributed by atoms with Gasteiger partial charge in [-0.05, 0) is 18.4 Å². The lowest BCUT2D eigenvalue weighted by Gasteiger charge is -2.37. The molecule has 0 spiro atoms. The molecule has 126 valence electrons.